The number of carbonyl (C=O) groups is 1. The summed E-state index contributed by atoms with van der Waals surface area (Å²) in [7, 11) is 1.57. The van der Waals surface area contributed by atoms with Gasteiger partial charge in [0.05, 0.1) is 13.3 Å². The van der Waals surface area contributed by atoms with Crippen LogP contribution in [0, 0.1) is 0 Å². The average molecular weight is 289 g/mol. The zero-order valence-electron chi connectivity index (χ0n) is 10.8. The number of hydrazone groups is 1. The maximum Gasteiger partial charge on any atom is 0.271 e. The highest BCUT2D eigenvalue weighted by Gasteiger charge is 2.03. The second kappa shape index (κ2) is 6.73. The lowest BCUT2D eigenvalue weighted by atomic mass is 10.2. The summed E-state index contributed by atoms with van der Waals surface area (Å²) >= 11 is 5.78. The standard InChI is InChI=1S/C15H13ClN2O2/c1-20-14-8-4-12(5-9-14)15(19)18-17-10-11-2-6-13(16)7-3-11/h2-10H,1H3,(H,18,19)/b17-10+. The normalized spacial score (nSPS) is 10.5. The Balaban J connectivity index is 1.95. The fourth-order valence-electron chi connectivity index (χ4n) is 1.52. The number of ether oxygens (including phenoxy) is 1. The maximum atomic E-state index is 11.8. The van der Waals surface area contributed by atoms with E-state index in [1.807, 2.05) is 12.1 Å². The van der Waals surface area contributed by atoms with Gasteiger partial charge >= 0.3 is 0 Å². The lowest BCUT2D eigenvalue weighted by Crippen LogP contribution is -2.17. The molecule has 102 valence electrons. The van der Waals surface area contributed by atoms with Crippen LogP contribution in [0.1, 0.15) is 15.9 Å². The molecule has 2 aromatic carbocycles. The molecule has 0 aliphatic carbocycles. The minimum Gasteiger partial charge on any atom is -0.497 e. The van der Waals surface area contributed by atoms with Crippen molar-refractivity contribution in [3.8, 4) is 5.75 Å². The summed E-state index contributed by atoms with van der Waals surface area (Å²) < 4.78 is 5.03. The van der Waals surface area contributed by atoms with E-state index in [0.717, 1.165) is 5.56 Å². The van der Waals surface area contributed by atoms with Gasteiger partial charge in [-0.1, -0.05) is 23.7 Å². The zero-order valence-corrected chi connectivity index (χ0v) is 11.6. The molecule has 0 saturated carbocycles. The van der Waals surface area contributed by atoms with Crippen LogP contribution in [0.3, 0.4) is 0 Å². The van der Waals surface area contributed by atoms with Crippen molar-refractivity contribution in [1.82, 2.24) is 5.43 Å². The molecule has 0 aromatic heterocycles. The third kappa shape index (κ3) is 3.83. The number of halogens is 1. The van der Waals surface area contributed by atoms with Crippen molar-refractivity contribution in [2.45, 2.75) is 0 Å². The molecule has 2 rings (SSSR count). The van der Waals surface area contributed by atoms with Crippen LogP contribution in [-0.4, -0.2) is 19.2 Å². The molecular weight excluding hydrogens is 276 g/mol. The molecule has 5 heteroatoms. The van der Waals surface area contributed by atoms with Crippen molar-refractivity contribution in [1.29, 1.82) is 0 Å². The predicted octanol–water partition coefficient (Wildman–Crippen LogP) is 3.11. The first-order valence-corrected chi connectivity index (χ1v) is 6.30. The molecule has 0 unspecified atom stereocenters. The van der Waals surface area contributed by atoms with Crippen molar-refractivity contribution < 1.29 is 9.53 Å². The van der Waals surface area contributed by atoms with Crippen LogP contribution in [0.5, 0.6) is 5.75 Å². The number of carbonyl (C=O) groups excluding carboxylic acids is 1. The van der Waals surface area contributed by atoms with Gasteiger partial charge in [-0.3, -0.25) is 4.79 Å². The molecule has 0 aliphatic heterocycles. The topological polar surface area (TPSA) is 50.7 Å². The quantitative estimate of drug-likeness (QED) is 0.694. The Kier molecular flexibility index (Phi) is 4.74. The fraction of sp³-hybridized carbons (Fsp3) is 0.0667. The molecule has 1 amide bonds. The highest BCUT2D eigenvalue weighted by molar-refractivity contribution is 6.30. The first-order chi connectivity index (χ1) is 9.69. The number of rotatable bonds is 4. The van der Waals surface area contributed by atoms with Crippen LogP contribution in [0.4, 0.5) is 0 Å². The lowest BCUT2D eigenvalue weighted by molar-refractivity contribution is 0.0955. The number of nitrogens with zero attached hydrogens (tertiary/aromatic N) is 1. The Morgan fingerprint density at radius 1 is 1.15 bits per heavy atom. The smallest absolute Gasteiger partial charge is 0.271 e. The number of benzene rings is 2. The zero-order chi connectivity index (χ0) is 14.4. The van der Waals surface area contributed by atoms with Gasteiger partial charge in [0.1, 0.15) is 5.75 Å². The van der Waals surface area contributed by atoms with Crippen molar-refractivity contribution in [3.05, 3.63) is 64.7 Å². The van der Waals surface area contributed by atoms with Crippen LogP contribution >= 0.6 is 11.6 Å². The van der Waals surface area contributed by atoms with Crippen molar-refractivity contribution >= 4 is 23.7 Å². The van der Waals surface area contributed by atoms with Gasteiger partial charge in [-0.25, -0.2) is 5.43 Å². The van der Waals surface area contributed by atoms with E-state index in [9.17, 15) is 4.79 Å². The van der Waals surface area contributed by atoms with Gasteiger partial charge in [0, 0.05) is 10.6 Å². The van der Waals surface area contributed by atoms with Crippen LogP contribution in [0.2, 0.25) is 5.02 Å². The highest BCUT2D eigenvalue weighted by Crippen LogP contribution is 2.11. The van der Waals surface area contributed by atoms with Gasteiger partial charge < -0.3 is 4.74 Å². The van der Waals surface area contributed by atoms with Crippen molar-refractivity contribution in [3.63, 3.8) is 0 Å². The average Bonchev–Trinajstić information content (AvgIpc) is 2.49. The van der Waals surface area contributed by atoms with Crippen LogP contribution < -0.4 is 10.2 Å². The van der Waals surface area contributed by atoms with Gasteiger partial charge in [-0.2, -0.15) is 5.10 Å². The molecule has 2 aromatic rings. The Bertz CT molecular complexity index is 607. The largest absolute Gasteiger partial charge is 0.497 e. The molecule has 0 heterocycles. The highest BCUT2D eigenvalue weighted by atomic mass is 35.5. The second-order valence-electron chi connectivity index (χ2n) is 3.98. The van der Waals surface area contributed by atoms with Crippen molar-refractivity contribution in [2.24, 2.45) is 5.10 Å². The number of hydrogen-bond acceptors (Lipinski definition) is 3. The fourth-order valence-corrected chi connectivity index (χ4v) is 1.65. The summed E-state index contributed by atoms with van der Waals surface area (Å²) in [5, 5.41) is 4.55. The summed E-state index contributed by atoms with van der Waals surface area (Å²) in [6.07, 6.45) is 1.55. The molecule has 0 aliphatic rings. The Labute approximate surface area is 122 Å². The van der Waals surface area contributed by atoms with E-state index < -0.39 is 0 Å². The monoisotopic (exact) mass is 288 g/mol. The van der Waals surface area contributed by atoms with Gasteiger partial charge in [0.25, 0.3) is 5.91 Å². The third-order valence-electron chi connectivity index (χ3n) is 2.60. The molecule has 0 saturated heterocycles. The minimum absolute atomic E-state index is 0.280. The van der Waals surface area contributed by atoms with Crippen LogP contribution in [0.15, 0.2) is 53.6 Å². The lowest BCUT2D eigenvalue weighted by Gasteiger charge is -2.02. The predicted molar refractivity (Wildman–Crippen MR) is 79.5 cm³/mol. The number of methoxy groups -OCH3 is 1. The summed E-state index contributed by atoms with van der Waals surface area (Å²) in [6.45, 7) is 0. The van der Waals surface area contributed by atoms with E-state index in [-0.39, 0.29) is 5.91 Å². The second-order valence-corrected chi connectivity index (χ2v) is 4.42. The van der Waals surface area contributed by atoms with E-state index >= 15 is 0 Å². The number of nitrogens with one attached hydrogen (secondary N) is 1. The van der Waals surface area contributed by atoms with Crippen LogP contribution in [-0.2, 0) is 0 Å². The molecule has 0 spiro atoms. The Hall–Kier alpha value is -2.33. The first-order valence-electron chi connectivity index (χ1n) is 5.92. The summed E-state index contributed by atoms with van der Waals surface area (Å²) in [5.41, 5.74) is 3.82. The van der Waals surface area contributed by atoms with Crippen LogP contribution in [0.25, 0.3) is 0 Å². The molecule has 0 bridgehead atoms. The molecule has 4 nitrogen and oxygen atoms in total. The Morgan fingerprint density at radius 3 is 2.40 bits per heavy atom. The van der Waals surface area contributed by atoms with E-state index in [1.165, 1.54) is 0 Å². The third-order valence-corrected chi connectivity index (χ3v) is 2.85. The van der Waals surface area contributed by atoms with E-state index in [1.54, 1.807) is 49.7 Å². The van der Waals surface area contributed by atoms with Gasteiger partial charge in [0.15, 0.2) is 0 Å². The summed E-state index contributed by atoms with van der Waals surface area (Å²) in [5.74, 6) is 0.420. The maximum absolute atomic E-state index is 11.8. The summed E-state index contributed by atoms with van der Waals surface area (Å²) in [4.78, 5) is 11.8. The molecule has 1 N–H and O–H groups in total. The van der Waals surface area contributed by atoms with Gasteiger partial charge in [-0.15, -0.1) is 0 Å². The summed E-state index contributed by atoms with van der Waals surface area (Å²) in [6, 6.07) is 13.9. The van der Waals surface area contributed by atoms with Gasteiger partial charge in [0.2, 0.25) is 0 Å². The molecule has 0 fully saturated rings. The van der Waals surface area contributed by atoms with E-state index in [4.69, 9.17) is 16.3 Å². The van der Waals surface area contributed by atoms with Crippen molar-refractivity contribution in [2.75, 3.05) is 7.11 Å². The molecule has 20 heavy (non-hydrogen) atoms. The Morgan fingerprint density at radius 2 is 1.80 bits per heavy atom. The number of hydrogen-bond donors (Lipinski definition) is 1. The van der Waals surface area contributed by atoms with E-state index in [2.05, 4.69) is 10.5 Å². The van der Waals surface area contributed by atoms with E-state index in [0.29, 0.717) is 16.3 Å². The molecular formula is C15H13ClN2O2. The molecule has 0 atom stereocenters. The number of amides is 1. The molecule has 0 radical (unpaired) electrons. The minimum atomic E-state index is -0.280. The SMILES string of the molecule is COc1ccc(C(=O)N/N=C/c2ccc(Cl)cc2)cc1. The first kappa shape index (κ1) is 14.1. The van der Waals surface area contributed by atoms with Gasteiger partial charge in [-0.05, 0) is 42.0 Å².